The second-order valence-corrected chi connectivity index (χ2v) is 6.70. The topological polar surface area (TPSA) is 111 Å². The average molecular weight is 350 g/mol. The average Bonchev–Trinajstić information content (AvgIpc) is 3.03. The van der Waals surface area contributed by atoms with E-state index in [4.69, 9.17) is 0 Å². The zero-order valence-corrected chi connectivity index (χ0v) is 13.4. The molecule has 1 N–H and O–H groups in total. The maximum absolute atomic E-state index is 11.8. The second-order valence-electron chi connectivity index (χ2n) is 4.38. The Bertz CT molecular complexity index is 916. The molecular weight excluding hydrogens is 340 g/mol. The maximum Gasteiger partial charge on any atom is 0.355 e. The first-order valence-electron chi connectivity index (χ1n) is 6.30. The molecule has 0 spiro atoms. The highest BCUT2D eigenvalue weighted by molar-refractivity contribution is 7.88. The van der Waals surface area contributed by atoms with E-state index in [-0.39, 0.29) is 16.4 Å². The lowest BCUT2D eigenvalue weighted by atomic mass is 10.2. The fourth-order valence-corrected chi connectivity index (χ4v) is 3.55. The van der Waals surface area contributed by atoms with E-state index in [1.54, 1.807) is 0 Å². The van der Waals surface area contributed by atoms with Crippen LogP contribution < -0.4 is 4.72 Å². The van der Waals surface area contributed by atoms with Gasteiger partial charge in [0.25, 0.3) is 0 Å². The van der Waals surface area contributed by atoms with Crippen LogP contribution in [0.3, 0.4) is 0 Å². The summed E-state index contributed by atoms with van der Waals surface area (Å²) in [5.41, 5.74) is 0.656. The Morgan fingerprint density at radius 1 is 1.17 bits per heavy atom. The summed E-state index contributed by atoms with van der Waals surface area (Å²) in [6, 6.07) is 9.32. The minimum absolute atomic E-state index is 0.0313. The lowest BCUT2D eigenvalue weighted by Crippen LogP contribution is -2.31. The van der Waals surface area contributed by atoms with E-state index in [1.165, 1.54) is 17.4 Å². The molecule has 2 aromatic rings. The first-order valence-corrected chi connectivity index (χ1v) is 8.56. The van der Waals surface area contributed by atoms with E-state index < -0.39 is 16.2 Å². The number of esters is 1. The summed E-state index contributed by atoms with van der Waals surface area (Å²) in [6.07, 6.45) is 1.27. The molecule has 2 heterocycles. The Morgan fingerprint density at radius 3 is 2.57 bits per heavy atom. The van der Waals surface area contributed by atoms with Crippen molar-refractivity contribution in [2.75, 3.05) is 7.11 Å². The zero-order valence-electron chi connectivity index (χ0n) is 11.8. The Balaban J connectivity index is 2.01. The molecule has 0 aliphatic carbocycles. The number of ether oxygens (including phenoxy) is 1. The van der Waals surface area contributed by atoms with Crippen molar-refractivity contribution < 1.29 is 17.9 Å². The fourth-order valence-electron chi connectivity index (χ4n) is 1.82. The minimum Gasteiger partial charge on any atom is -0.464 e. The molecule has 1 aliphatic heterocycles. The van der Waals surface area contributed by atoms with Gasteiger partial charge >= 0.3 is 16.2 Å². The van der Waals surface area contributed by atoms with Crippen LogP contribution >= 0.6 is 11.3 Å². The Kier molecular flexibility index (Phi) is 3.92. The van der Waals surface area contributed by atoms with Crippen molar-refractivity contribution >= 4 is 33.2 Å². The van der Waals surface area contributed by atoms with Gasteiger partial charge in [0.2, 0.25) is 0 Å². The summed E-state index contributed by atoms with van der Waals surface area (Å²) >= 11 is 1.17. The molecule has 0 atom stereocenters. The molecule has 10 heteroatoms. The van der Waals surface area contributed by atoms with Crippen molar-refractivity contribution in [3.05, 3.63) is 47.1 Å². The molecule has 0 saturated carbocycles. The Morgan fingerprint density at radius 2 is 1.87 bits per heavy atom. The van der Waals surface area contributed by atoms with Crippen molar-refractivity contribution in [1.82, 2.24) is 14.9 Å². The summed E-state index contributed by atoms with van der Waals surface area (Å²) in [6.45, 7) is 0. The van der Waals surface area contributed by atoms with Gasteiger partial charge in [-0.3, -0.25) is 4.72 Å². The maximum atomic E-state index is 11.8. The molecule has 8 nitrogen and oxygen atoms in total. The smallest absolute Gasteiger partial charge is 0.355 e. The fraction of sp³-hybridized carbons (Fsp3) is 0.0769. The van der Waals surface area contributed by atoms with E-state index in [0.717, 1.165) is 12.7 Å². The Hall–Kier alpha value is -2.59. The molecule has 0 amide bonds. The summed E-state index contributed by atoms with van der Waals surface area (Å²) in [7, 11) is -2.88. The van der Waals surface area contributed by atoms with E-state index >= 15 is 0 Å². The van der Waals surface area contributed by atoms with Crippen molar-refractivity contribution in [3.8, 4) is 10.6 Å². The largest absolute Gasteiger partial charge is 0.464 e. The van der Waals surface area contributed by atoms with Gasteiger partial charge in [0.15, 0.2) is 5.01 Å². The normalized spacial score (nSPS) is 16.0. The molecule has 0 saturated heterocycles. The number of carbonyl (C=O) groups excluding carboxylic acids is 1. The molecule has 1 aromatic heterocycles. The first-order chi connectivity index (χ1) is 11.0. The van der Waals surface area contributed by atoms with Gasteiger partial charge in [0, 0.05) is 5.56 Å². The highest BCUT2D eigenvalue weighted by Gasteiger charge is 2.25. The molecule has 0 unspecified atom stereocenters. The molecular formula is C13H10N4O4S2. The minimum atomic E-state index is -4.03. The van der Waals surface area contributed by atoms with Gasteiger partial charge in [0.05, 0.1) is 7.11 Å². The third-order valence-electron chi connectivity index (χ3n) is 2.81. The summed E-state index contributed by atoms with van der Waals surface area (Å²) < 4.78 is 33.6. The third-order valence-corrected chi connectivity index (χ3v) is 4.72. The number of rotatable bonds is 3. The van der Waals surface area contributed by atoms with E-state index in [1.807, 2.05) is 35.1 Å². The lowest BCUT2D eigenvalue weighted by Gasteiger charge is -2.12. The number of aromatic nitrogens is 2. The van der Waals surface area contributed by atoms with Crippen LogP contribution in [0.5, 0.6) is 0 Å². The van der Waals surface area contributed by atoms with Crippen LogP contribution in [0.4, 0.5) is 0 Å². The zero-order chi connectivity index (χ0) is 16.4. The monoisotopic (exact) mass is 350 g/mol. The van der Waals surface area contributed by atoms with E-state index in [9.17, 15) is 13.2 Å². The third kappa shape index (κ3) is 3.27. The quantitative estimate of drug-likeness (QED) is 0.824. The molecule has 118 valence electrons. The van der Waals surface area contributed by atoms with Crippen LogP contribution in [-0.2, 0) is 19.7 Å². The summed E-state index contributed by atoms with van der Waals surface area (Å²) in [5.74, 6) is -0.811. The van der Waals surface area contributed by atoms with Crippen molar-refractivity contribution in [1.29, 1.82) is 0 Å². The van der Waals surface area contributed by atoms with Gasteiger partial charge in [0.1, 0.15) is 16.4 Å². The molecule has 23 heavy (non-hydrogen) atoms. The van der Waals surface area contributed by atoms with Crippen LogP contribution in [0.1, 0.15) is 5.01 Å². The number of hydrogen-bond acceptors (Lipinski definition) is 7. The molecule has 3 rings (SSSR count). The van der Waals surface area contributed by atoms with Gasteiger partial charge in [-0.2, -0.15) is 8.42 Å². The Labute approximate surface area is 135 Å². The van der Waals surface area contributed by atoms with Gasteiger partial charge in [-0.25, -0.2) is 4.79 Å². The van der Waals surface area contributed by atoms with Crippen LogP contribution in [0, 0.1) is 0 Å². The highest BCUT2D eigenvalue weighted by atomic mass is 32.2. The van der Waals surface area contributed by atoms with Crippen LogP contribution in [0.2, 0.25) is 0 Å². The standard InChI is InChI=1S/C13H10N4O4S2/c1-21-13(18)10-7-9(16-23(19,20)17-10)12-15-14-11(22-12)8-5-3-2-4-6-8/h2-7,17H,1H3. The molecule has 1 aromatic carbocycles. The molecule has 1 aliphatic rings. The van der Waals surface area contributed by atoms with Crippen molar-refractivity contribution in [2.24, 2.45) is 4.40 Å². The van der Waals surface area contributed by atoms with Gasteiger partial charge in [-0.15, -0.1) is 14.6 Å². The molecule has 0 fully saturated rings. The number of hydrogen-bond donors (Lipinski definition) is 1. The number of nitrogens with zero attached hydrogens (tertiary/aromatic N) is 3. The van der Waals surface area contributed by atoms with Crippen LogP contribution in [-0.4, -0.2) is 37.4 Å². The SMILES string of the molecule is COC(=O)C1=CC(c2nnc(-c3ccccc3)s2)=NS(=O)(=O)N1. The molecule has 0 bridgehead atoms. The number of benzene rings is 1. The van der Waals surface area contributed by atoms with Gasteiger partial charge < -0.3 is 4.74 Å². The van der Waals surface area contributed by atoms with Crippen molar-refractivity contribution in [2.45, 2.75) is 0 Å². The van der Waals surface area contributed by atoms with Crippen LogP contribution in [0.15, 0.2) is 46.5 Å². The molecule has 0 radical (unpaired) electrons. The van der Waals surface area contributed by atoms with Gasteiger partial charge in [-0.1, -0.05) is 41.7 Å². The summed E-state index contributed by atoms with van der Waals surface area (Å²) in [5, 5.41) is 8.88. The number of carbonyl (C=O) groups is 1. The van der Waals surface area contributed by atoms with Crippen LogP contribution in [0.25, 0.3) is 10.6 Å². The number of allylic oxidation sites excluding steroid dienone is 1. The highest BCUT2D eigenvalue weighted by Crippen LogP contribution is 2.24. The lowest BCUT2D eigenvalue weighted by molar-refractivity contribution is -0.136. The second kappa shape index (κ2) is 5.89. The van der Waals surface area contributed by atoms with Crippen molar-refractivity contribution in [3.63, 3.8) is 0 Å². The number of methoxy groups -OCH3 is 1. The van der Waals surface area contributed by atoms with E-state index in [2.05, 4.69) is 19.3 Å². The summed E-state index contributed by atoms with van der Waals surface area (Å²) in [4.78, 5) is 11.6. The number of nitrogens with one attached hydrogen (secondary N) is 1. The predicted molar refractivity (Wildman–Crippen MR) is 84.0 cm³/mol. The van der Waals surface area contributed by atoms with E-state index in [0.29, 0.717) is 5.01 Å². The first kappa shape index (κ1) is 15.3. The predicted octanol–water partition coefficient (Wildman–Crippen LogP) is 0.899. The van der Waals surface area contributed by atoms with Gasteiger partial charge in [-0.05, 0) is 6.08 Å².